The van der Waals surface area contributed by atoms with Crippen molar-refractivity contribution in [1.29, 1.82) is 0 Å². The summed E-state index contributed by atoms with van der Waals surface area (Å²) in [5.74, 6) is 0.850. The third-order valence-electron chi connectivity index (χ3n) is 4.36. The lowest BCUT2D eigenvalue weighted by molar-refractivity contribution is 0.101. The number of hydrogen-bond donors (Lipinski definition) is 2. The second-order valence-electron chi connectivity index (χ2n) is 6.29. The van der Waals surface area contributed by atoms with Gasteiger partial charge in [-0.3, -0.25) is 9.59 Å². The normalized spacial score (nSPS) is 10.1. The van der Waals surface area contributed by atoms with Crippen LogP contribution < -0.4 is 24.8 Å². The Hall–Kier alpha value is -4.00. The highest BCUT2D eigenvalue weighted by atomic mass is 16.5. The van der Waals surface area contributed by atoms with Gasteiger partial charge in [0.15, 0.2) is 0 Å². The first-order valence-electron chi connectivity index (χ1n) is 9.13. The molecule has 0 bridgehead atoms. The van der Waals surface area contributed by atoms with Crippen molar-refractivity contribution in [1.82, 2.24) is 0 Å². The van der Waals surface area contributed by atoms with Crippen LogP contribution in [-0.2, 0) is 0 Å². The first-order valence-corrected chi connectivity index (χ1v) is 9.13. The Balaban J connectivity index is 1.82. The number of anilines is 2. The lowest BCUT2D eigenvalue weighted by Crippen LogP contribution is -2.15. The number of carbonyl (C=O) groups excluding carboxylic acids is 2. The Morgan fingerprint density at radius 3 is 1.90 bits per heavy atom. The monoisotopic (exact) mass is 406 g/mol. The van der Waals surface area contributed by atoms with Crippen molar-refractivity contribution >= 4 is 23.2 Å². The van der Waals surface area contributed by atoms with E-state index in [-0.39, 0.29) is 11.8 Å². The van der Waals surface area contributed by atoms with E-state index in [1.807, 2.05) is 6.07 Å². The Kier molecular flexibility index (Phi) is 6.54. The molecule has 0 aliphatic carbocycles. The van der Waals surface area contributed by atoms with Crippen LogP contribution in [0, 0.1) is 0 Å². The van der Waals surface area contributed by atoms with Crippen LogP contribution in [0.4, 0.5) is 11.4 Å². The molecule has 2 N–H and O–H groups in total. The summed E-state index contributed by atoms with van der Waals surface area (Å²) in [6.07, 6.45) is 0. The van der Waals surface area contributed by atoms with Gasteiger partial charge in [0, 0.05) is 22.9 Å². The highest BCUT2D eigenvalue weighted by molar-refractivity contribution is 6.07. The third kappa shape index (κ3) is 4.88. The van der Waals surface area contributed by atoms with E-state index in [1.54, 1.807) is 60.7 Å². The zero-order valence-electron chi connectivity index (χ0n) is 16.9. The Morgan fingerprint density at radius 2 is 1.30 bits per heavy atom. The van der Waals surface area contributed by atoms with Gasteiger partial charge in [-0.2, -0.15) is 0 Å². The number of benzene rings is 3. The average molecular weight is 406 g/mol. The van der Waals surface area contributed by atoms with Gasteiger partial charge >= 0.3 is 0 Å². The predicted molar refractivity (Wildman–Crippen MR) is 115 cm³/mol. The van der Waals surface area contributed by atoms with E-state index >= 15 is 0 Å². The van der Waals surface area contributed by atoms with Crippen LogP contribution in [-0.4, -0.2) is 33.1 Å². The van der Waals surface area contributed by atoms with Gasteiger partial charge < -0.3 is 24.8 Å². The van der Waals surface area contributed by atoms with E-state index in [4.69, 9.17) is 14.2 Å². The Labute approximate surface area is 174 Å². The second-order valence-corrected chi connectivity index (χ2v) is 6.29. The topological polar surface area (TPSA) is 85.9 Å². The zero-order chi connectivity index (χ0) is 21.5. The summed E-state index contributed by atoms with van der Waals surface area (Å²) in [6, 6.07) is 18.7. The summed E-state index contributed by atoms with van der Waals surface area (Å²) in [5.41, 5.74) is 1.81. The molecular formula is C23H22N2O5. The second kappa shape index (κ2) is 9.47. The first kappa shape index (κ1) is 20.7. The molecule has 3 rings (SSSR count). The number of amides is 2. The van der Waals surface area contributed by atoms with Gasteiger partial charge in [-0.05, 0) is 42.5 Å². The van der Waals surface area contributed by atoms with Crippen molar-refractivity contribution in [2.24, 2.45) is 0 Å². The van der Waals surface area contributed by atoms with E-state index in [1.165, 1.54) is 21.3 Å². The first-order chi connectivity index (χ1) is 14.5. The zero-order valence-corrected chi connectivity index (χ0v) is 16.9. The van der Waals surface area contributed by atoms with Crippen molar-refractivity contribution in [2.45, 2.75) is 0 Å². The summed E-state index contributed by atoms with van der Waals surface area (Å²) < 4.78 is 15.7. The van der Waals surface area contributed by atoms with Crippen LogP contribution in [0.15, 0.2) is 66.7 Å². The van der Waals surface area contributed by atoms with Gasteiger partial charge in [0.05, 0.1) is 27.0 Å². The van der Waals surface area contributed by atoms with E-state index in [0.717, 1.165) is 0 Å². The maximum Gasteiger partial charge on any atom is 0.255 e. The summed E-state index contributed by atoms with van der Waals surface area (Å²) in [7, 11) is 4.54. The van der Waals surface area contributed by atoms with E-state index in [9.17, 15) is 9.59 Å². The molecule has 0 saturated heterocycles. The highest BCUT2D eigenvalue weighted by Crippen LogP contribution is 2.29. The Morgan fingerprint density at radius 1 is 0.667 bits per heavy atom. The molecule has 0 aliphatic heterocycles. The Bertz CT molecular complexity index is 1030. The molecule has 7 nitrogen and oxygen atoms in total. The quantitative estimate of drug-likeness (QED) is 0.614. The minimum atomic E-state index is -0.349. The summed E-state index contributed by atoms with van der Waals surface area (Å²) in [5, 5.41) is 5.62. The van der Waals surface area contributed by atoms with Crippen LogP contribution in [0.3, 0.4) is 0 Å². The molecule has 7 heteroatoms. The fraction of sp³-hybridized carbons (Fsp3) is 0.130. The molecule has 0 saturated carbocycles. The van der Waals surface area contributed by atoms with Crippen LogP contribution in [0.1, 0.15) is 20.7 Å². The summed E-state index contributed by atoms with van der Waals surface area (Å²) in [4.78, 5) is 25.2. The maximum atomic E-state index is 12.7. The maximum absolute atomic E-state index is 12.7. The fourth-order valence-electron chi connectivity index (χ4n) is 2.81. The number of hydrogen-bond acceptors (Lipinski definition) is 5. The van der Waals surface area contributed by atoms with Crippen molar-refractivity contribution in [3.8, 4) is 17.2 Å². The lowest BCUT2D eigenvalue weighted by atomic mass is 10.1. The SMILES string of the molecule is COc1cc(OC)cc(C(=O)Nc2ccc(OC)c(NC(=O)c3ccccc3)c2)c1. The molecule has 0 radical (unpaired) electrons. The van der Waals surface area contributed by atoms with E-state index in [0.29, 0.717) is 39.8 Å². The number of ether oxygens (including phenoxy) is 3. The van der Waals surface area contributed by atoms with Gasteiger partial charge in [-0.1, -0.05) is 18.2 Å². The molecule has 0 spiro atoms. The smallest absolute Gasteiger partial charge is 0.255 e. The number of methoxy groups -OCH3 is 3. The van der Waals surface area contributed by atoms with Crippen LogP contribution >= 0.6 is 0 Å². The summed E-state index contributed by atoms with van der Waals surface area (Å²) in [6.45, 7) is 0. The molecule has 0 fully saturated rings. The number of nitrogens with one attached hydrogen (secondary N) is 2. The van der Waals surface area contributed by atoms with Gasteiger partial charge in [-0.15, -0.1) is 0 Å². The molecule has 0 heterocycles. The predicted octanol–water partition coefficient (Wildman–Crippen LogP) is 4.22. The largest absolute Gasteiger partial charge is 0.497 e. The number of carbonyl (C=O) groups is 2. The highest BCUT2D eigenvalue weighted by Gasteiger charge is 2.14. The van der Waals surface area contributed by atoms with Crippen molar-refractivity contribution < 1.29 is 23.8 Å². The van der Waals surface area contributed by atoms with Gasteiger partial charge in [0.25, 0.3) is 11.8 Å². The van der Waals surface area contributed by atoms with Crippen molar-refractivity contribution in [3.63, 3.8) is 0 Å². The van der Waals surface area contributed by atoms with Gasteiger partial charge in [-0.25, -0.2) is 0 Å². The molecule has 3 aromatic carbocycles. The van der Waals surface area contributed by atoms with Crippen LogP contribution in [0.2, 0.25) is 0 Å². The molecule has 0 aromatic heterocycles. The van der Waals surface area contributed by atoms with E-state index in [2.05, 4.69) is 10.6 Å². The molecule has 2 amide bonds. The van der Waals surface area contributed by atoms with Gasteiger partial charge in [0.1, 0.15) is 17.2 Å². The molecular weight excluding hydrogens is 384 g/mol. The molecule has 0 unspecified atom stereocenters. The molecule has 0 aliphatic rings. The fourth-order valence-corrected chi connectivity index (χ4v) is 2.81. The third-order valence-corrected chi connectivity index (χ3v) is 4.36. The van der Waals surface area contributed by atoms with E-state index < -0.39 is 0 Å². The van der Waals surface area contributed by atoms with Crippen LogP contribution in [0.5, 0.6) is 17.2 Å². The lowest BCUT2D eigenvalue weighted by Gasteiger charge is -2.13. The standard InChI is InChI=1S/C23H22N2O5/c1-28-18-11-16(12-19(14-18)29-2)23(27)24-17-9-10-21(30-3)20(13-17)25-22(26)15-7-5-4-6-8-15/h4-14H,1-3H3,(H,24,27)(H,25,26). The van der Waals surface area contributed by atoms with Crippen LogP contribution in [0.25, 0.3) is 0 Å². The molecule has 0 atom stereocenters. The minimum Gasteiger partial charge on any atom is -0.497 e. The number of rotatable bonds is 7. The molecule has 154 valence electrons. The summed E-state index contributed by atoms with van der Waals surface area (Å²) >= 11 is 0. The average Bonchev–Trinajstić information content (AvgIpc) is 2.79. The molecule has 3 aromatic rings. The van der Waals surface area contributed by atoms with Crippen molar-refractivity contribution in [2.75, 3.05) is 32.0 Å². The minimum absolute atomic E-state index is 0.282. The molecule has 30 heavy (non-hydrogen) atoms. The van der Waals surface area contributed by atoms with Gasteiger partial charge in [0.2, 0.25) is 0 Å². The van der Waals surface area contributed by atoms with Crippen molar-refractivity contribution in [3.05, 3.63) is 77.9 Å².